The molecule has 0 spiro atoms. The van der Waals surface area contributed by atoms with Gasteiger partial charge in [0.1, 0.15) is 0 Å². The van der Waals surface area contributed by atoms with Crippen molar-refractivity contribution in [1.29, 1.82) is 0 Å². The summed E-state index contributed by atoms with van der Waals surface area (Å²) in [4.78, 5) is 0. The van der Waals surface area contributed by atoms with Gasteiger partial charge in [-0.25, -0.2) is 0 Å². The molecular weight excluding hydrogens is 210 g/mol. The van der Waals surface area contributed by atoms with Crippen molar-refractivity contribution in [3.05, 3.63) is 0 Å². The first-order valence-corrected chi connectivity index (χ1v) is 7.17. The Morgan fingerprint density at radius 3 is 2.41 bits per heavy atom. The molecule has 17 heavy (non-hydrogen) atoms. The van der Waals surface area contributed by atoms with E-state index < -0.39 is 0 Å². The van der Waals surface area contributed by atoms with Gasteiger partial charge in [0.2, 0.25) is 0 Å². The van der Waals surface area contributed by atoms with E-state index in [1.54, 1.807) is 0 Å². The Kier molecular flexibility index (Phi) is 5.46. The van der Waals surface area contributed by atoms with Crippen LogP contribution in [-0.2, 0) is 4.74 Å². The van der Waals surface area contributed by atoms with Gasteiger partial charge in [0.05, 0.1) is 12.2 Å². The molecule has 0 aromatic rings. The SMILES string of the molecule is CC1CC(OC(C)CNC(C)C)CC(C)(C)C1. The topological polar surface area (TPSA) is 21.3 Å². The predicted octanol–water partition coefficient (Wildman–Crippen LogP) is 3.60. The molecule has 1 saturated carbocycles. The van der Waals surface area contributed by atoms with Crippen molar-refractivity contribution in [2.75, 3.05) is 6.54 Å². The molecule has 102 valence electrons. The van der Waals surface area contributed by atoms with Crippen molar-refractivity contribution in [3.63, 3.8) is 0 Å². The molecule has 1 aliphatic carbocycles. The van der Waals surface area contributed by atoms with Gasteiger partial charge < -0.3 is 10.1 Å². The summed E-state index contributed by atoms with van der Waals surface area (Å²) in [7, 11) is 0. The van der Waals surface area contributed by atoms with Crippen molar-refractivity contribution in [1.82, 2.24) is 5.32 Å². The Morgan fingerprint density at radius 2 is 1.88 bits per heavy atom. The van der Waals surface area contributed by atoms with Crippen molar-refractivity contribution in [2.24, 2.45) is 11.3 Å². The summed E-state index contributed by atoms with van der Waals surface area (Å²) in [5.41, 5.74) is 0.452. The van der Waals surface area contributed by atoms with Crippen LogP contribution in [0, 0.1) is 11.3 Å². The Labute approximate surface area is 108 Å². The standard InChI is InChI=1S/C15H31NO/c1-11(2)16-10-13(4)17-14-7-12(3)8-15(5,6)9-14/h11-14,16H,7-10H2,1-6H3. The van der Waals surface area contributed by atoms with Gasteiger partial charge >= 0.3 is 0 Å². The van der Waals surface area contributed by atoms with Gasteiger partial charge in [0, 0.05) is 12.6 Å². The van der Waals surface area contributed by atoms with E-state index in [1.807, 2.05) is 0 Å². The van der Waals surface area contributed by atoms with Crippen molar-refractivity contribution < 1.29 is 4.74 Å². The van der Waals surface area contributed by atoms with Gasteiger partial charge in [-0.2, -0.15) is 0 Å². The molecule has 0 aromatic carbocycles. The highest BCUT2D eigenvalue weighted by molar-refractivity contribution is 4.84. The Hall–Kier alpha value is -0.0800. The molecule has 1 N–H and O–H groups in total. The van der Waals surface area contributed by atoms with Gasteiger partial charge in [-0.05, 0) is 37.5 Å². The van der Waals surface area contributed by atoms with E-state index in [1.165, 1.54) is 19.3 Å². The van der Waals surface area contributed by atoms with Crippen LogP contribution in [0.15, 0.2) is 0 Å². The van der Waals surface area contributed by atoms with E-state index in [-0.39, 0.29) is 0 Å². The lowest BCUT2D eigenvalue weighted by Crippen LogP contribution is -2.38. The van der Waals surface area contributed by atoms with Gasteiger partial charge in [-0.1, -0.05) is 34.6 Å². The maximum Gasteiger partial charge on any atom is 0.0675 e. The van der Waals surface area contributed by atoms with Gasteiger partial charge in [-0.15, -0.1) is 0 Å². The first kappa shape index (κ1) is 15.0. The maximum atomic E-state index is 6.19. The van der Waals surface area contributed by atoms with E-state index in [2.05, 4.69) is 46.9 Å². The Balaban J connectivity index is 2.35. The fourth-order valence-corrected chi connectivity index (χ4v) is 3.14. The lowest BCUT2D eigenvalue weighted by Gasteiger charge is -2.39. The Bertz CT molecular complexity index is 225. The average Bonchev–Trinajstić information content (AvgIpc) is 2.11. The third-order valence-electron chi connectivity index (χ3n) is 3.58. The van der Waals surface area contributed by atoms with Crippen LogP contribution in [0.1, 0.15) is 60.8 Å². The molecule has 0 amide bonds. The molecule has 3 atom stereocenters. The smallest absolute Gasteiger partial charge is 0.0675 e. The second-order valence-electron chi connectivity index (χ2n) is 7.04. The lowest BCUT2D eigenvalue weighted by atomic mass is 9.71. The van der Waals surface area contributed by atoms with Gasteiger partial charge in [0.15, 0.2) is 0 Å². The van der Waals surface area contributed by atoms with E-state index >= 15 is 0 Å². The summed E-state index contributed by atoms with van der Waals surface area (Å²) in [6, 6.07) is 0.544. The van der Waals surface area contributed by atoms with E-state index in [9.17, 15) is 0 Å². The molecule has 0 heterocycles. The number of hydrogen-bond acceptors (Lipinski definition) is 2. The number of hydrogen-bond donors (Lipinski definition) is 1. The third-order valence-corrected chi connectivity index (χ3v) is 3.58. The molecule has 0 aliphatic heterocycles. The van der Waals surface area contributed by atoms with Crippen molar-refractivity contribution >= 4 is 0 Å². The molecule has 0 aromatic heterocycles. The summed E-state index contributed by atoms with van der Waals surface area (Å²) in [5.74, 6) is 0.800. The van der Waals surface area contributed by atoms with Crippen LogP contribution in [0.4, 0.5) is 0 Å². The summed E-state index contributed by atoms with van der Waals surface area (Å²) in [5, 5.41) is 3.44. The fraction of sp³-hybridized carbons (Fsp3) is 1.00. The maximum absolute atomic E-state index is 6.19. The van der Waals surface area contributed by atoms with Crippen LogP contribution in [0.3, 0.4) is 0 Å². The molecule has 2 heteroatoms. The van der Waals surface area contributed by atoms with Crippen molar-refractivity contribution in [2.45, 2.75) is 79.1 Å². The predicted molar refractivity (Wildman–Crippen MR) is 74.3 cm³/mol. The fourth-order valence-electron chi connectivity index (χ4n) is 3.14. The minimum Gasteiger partial charge on any atom is -0.374 e. The van der Waals surface area contributed by atoms with E-state index in [0.29, 0.717) is 23.7 Å². The van der Waals surface area contributed by atoms with Crippen LogP contribution < -0.4 is 5.32 Å². The quantitative estimate of drug-likeness (QED) is 0.794. The molecule has 0 radical (unpaired) electrons. The zero-order valence-electron chi connectivity index (χ0n) is 12.5. The zero-order chi connectivity index (χ0) is 13.1. The minimum atomic E-state index is 0.323. The zero-order valence-corrected chi connectivity index (χ0v) is 12.5. The third kappa shape index (κ3) is 5.87. The molecule has 3 unspecified atom stereocenters. The first-order valence-electron chi connectivity index (χ1n) is 7.17. The monoisotopic (exact) mass is 241 g/mol. The molecule has 2 nitrogen and oxygen atoms in total. The molecule has 1 rings (SSSR count). The van der Waals surface area contributed by atoms with Crippen LogP contribution >= 0.6 is 0 Å². The minimum absolute atomic E-state index is 0.323. The largest absolute Gasteiger partial charge is 0.374 e. The highest BCUT2D eigenvalue weighted by atomic mass is 16.5. The molecule has 1 aliphatic rings. The summed E-state index contributed by atoms with van der Waals surface area (Å²) >= 11 is 0. The van der Waals surface area contributed by atoms with E-state index in [0.717, 1.165) is 12.5 Å². The first-order chi connectivity index (χ1) is 7.78. The van der Waals surface area contributed by atoms with E-state index in [4.69, 9.17) is 4.74 Å². The van der Waals surface area contributed by atoms with Crippen LogP contribution in [-0.4, -0.2) is 24.8 Å². The molecular formula is C15H31NO. The highest BCUT2D eigenvalue weighted by Crippen LogP contribution is 2.39. The highest BCUT2D eigenvalue weighted by Gasteiger charge is 2.33. The summed E-state index contributed by atoms with van der Waals surface area (Å²) < 4.78 is 6.19. The van der Waals surface area contributed by atoms with Crippen LogP contribution in [0.25, 0.3) is 0 Å². The second kappa shape index (κ2) is 6.19. The molecule has 1 fully saturated rings. The van der Waals surface area contributed by atoms with Crippen LogP contribution in [0.2, 0.25) is 0 Å². The Morgan fingerprint density at radius 1 is 1.24 bits per heavy atom. The summed E-state index contributed by atoms with van der Waals surface area (Å²) in [6.45, 7) is 14.6. The number of rotatable bonds is 5. The average molecular weight is 241 g/mol. The number of nitrogens with one attached hydrogen (secondary N) is 1. The van der Waals surface area contributed by atoms with Gasteiger partial charge in [0.25, 0.3) is 0 Å². The van der Waals surface area contributed by atoms with Gasteiger partial charge in [-0.3, -0.25) is 0 Å². The second-order valence-corrected chi connectivity index (χ2v) is 7.04. The number of ether oxygens (including phenoxy) is 1. The normalized spacial score (nSPS) is 30.5. The van der Waals surface area contributed by atoms with Crippen LogP contribution in [0.5, 0.6) is 0 Å². The molecule has 0 saturated heterocycles. The summed E-state index contributed by atoms with van der Waals surface area (Å²) in [6.07, 6.45) is 4.56. The molecule has 0 bridgehead atoms. The lowest BCUT2D eigenvalue weighted by molar-refractivity contribution is -0.0580. The van der Waals surface area contributed by atoms with Crippen molar-refractivity contribution in [3.8, 4) is 0 Å².